The predicted octanol–water partition coefficient (Wildman–Crippen LogP) is 4.50. The number of fused-ring (bicyclic) bond motifs is 1. The van der Waals surface area contributed by atoms with E-state index in [4.69, 9.17) is 4.18 Å². The van der Waals surface area contributed by atoms with Crippen LogP contribution in [0.4, 0.5) is 13.2 Å². The Balaban J connectivity index is 2.00. The second kappa shape index (κ2) is 6.57. The molecule has 0 aromatic heterocycles. The molecule has 1 aliphatic heterocycles. The Labute approximate surface area is 141 Å². The fourth-order valence-corrected chi connectivity index (χ4v) is 6.66. The van der Waals surface area contributed by atoms with Gasteiger partial charge >= 0.3 is 15.6 Å². The summed E-state index contributed by atoms with van der Waals surface area (Å²) < 4.78 is 66.0. The van der Waals surface area contributed by atoms with Crippen LogP contribution in [-0.4, -0.2) is 25.4 Å². The lowest BCUT2D eigenvalue weighted by Gasteiger charge is -2.27. The van der Waals surface area contributed by atoms with Crippen LogP contribution >= 0.6 is 10.9 Å². The topological polar surface area (TPSA) is 43.4 Å². The maximum atomic E-state index is 12.7. The number of rotatable bonds is 4. The molecule has 1 atom stereocenters. The van der Waals surface area contributed by atoms with Crippen molar-refractivity contribution in [1.82, 2.24) is 0 Å². The summed E-state index contributed by atoms with van der Waals surface area (Å²) in [5, 5.41) is 1.79. The standard InChI is InChI=1S/C16H17F3O3S2/c17-16(18,19)24(20,21)22-15(23-9-3-4-10-23)14-8-7-12-5-1-2-6-13(12)11-14/h1-2,5-8,11,15,23H,3-4,9-10H2. The molecule has 1 saturated heterocycles. The summed E-state index contributed by atoms with van der Waals surface area (Å²) in [5.41, 5.74) is -5.95. The quantitative estimate of drug-likeness (QED) is 0.484. The molecule has 2 aromatic carbocycles. The summed E-state index contributed by atoms with van der Waals surface area (Å²) in [6.07, 6.45) is 1.79. The molecule has 1 aliphatic rings. The zero-order valence-electron chi connectivity index (χ0n) is 12.7. The van der Waals surface area contributed by atoms with Crippen LogP contribution in [-0.2, 0) is 14.3 Å². The molecule has 2 aromatic rings. The van der Waals surface area contributed by atoms with Gasteiger partial charge in [0.15, 0.2) is 0 Å². The second-order valence-electron chi connectivity index (χ2n) is 5.70. The number of alkyl halides is 3. The van der Waals surface area contributed by atoms with Gasteiger partial charge in [0.05, 0.1) is 0 Å². The van der Waals surface area contributed by atoms with Gasteiger partial charge in [0.2, 0.25) is 0 Å². The molecule has 3 nitrogen and oxygen atoms in total. The lowest BCUT2D eigenvalue weighted by molar-refractivity contribution is -0.0550. The van der Waals surface area contributed by atoms with Gasteiger partial charge in [-0.3, -0.25) is 0 Å². The van der Waals surface area contributed by atoms with Gasteiger partial charge in [-0.15, -0.1) is 0 Å². The highest BCUT2D eigenvalue weighted by molar-refractivity contribution is 8.17. The summed E-state index contributed by atoms with van der Waals surface area (Å²) >= 11 is 0. The van der Waals surface area contributed by atoms with Gasteiger partial charge in [0.1, 0.15) is 5.44 Å². The molecule has 8 heteroatoms. The zero-order valence-corrected chi connectivity index (χ0v) is 14.4. The van der Waals surface area contributed by atoms with E-state index in [1.54, 1.807) is 18.2 Å². The molecule has 1 heterocycles. The van der Waals surface area contributed by atoms with Crippen molar-refractivity contribution in [1.29, 1.82) is 0 Å². The van der Waals surface area contributed by atoms with Crippen molar-refractivity contribution in [3.63, 3.8) is 0 Å². The van der Waals surface area contributed by atoms with E-state index in [2.05, 4.69) is 0 Å². The Morgan fingerprint density at radius 3 is 2.25 bits per heavy atom. The van der Waals surface area contributed by atoms with Crippen LogP contribution in [0.2, 0.25) is 0 Å². The lowest BCUT2D eigenvalue weighted by atomic mass is 10.1. The monoisotopic (exact) mass is 378 g/mol. The fourth-order valence-electron chi connectivity index (χ4n) is 2.84. The Morgan fingerprint density at radius 2 is 1.62 bits per heavy atom. The lowest BCUT2D eigenvalue weighted by Crippen LogP contribution is -2.27. The molecule has 0 N–H and O–H groups in total. The van der Waals surface area contributed by atoms with Gasteiger partial charge in [-0.25, -0.2) is 15.1 Å². The molecular weight excluding hydrogens is 361 g/mol. The van der Waals surface area contributed by atoms with Gasteiger partial charge in [-0.1, -0.05) is 36.4 Å². The van der Waals surface area contributed by atoms with Crippen LogP contribution in [0.1, 0.15) is 23.8 Å². The minimum atomic E-state index is -5.62. The summed E-state index contributed by atoms with van der Waals surface area (Å²) in [4.78, 5) is 0. The Morgan fingerprint density at radius 1 is 1.00 bits per heavy atom. The Hall–Kier alpha value is -1.25. The Kier molecular flexibility index (Phi) is 4.81. The molecule has 0 radical (unpaired) electrons. The van der Waals surface area contributed by atoms with Crippen molar-refractivity contribution >= 4 is 31.8 Å². The van der Waals surface area contributed by atoms with E-state index in [9.17, 15) is 21.6 Å². The van der Waals surface area contributed by atoms with Crippen LogP contribution in [0, 0.1) is 0 Å². The van der Waals surface area contributed by atoms with Crippen LogP contribution in [0.5, 0.6) is 0 Å². The Bertz CT molecular complexity index is 828. The van der Waals surface area contributed by atoms with Gasteiger partial charge in [0.25, 0.3) is 0 Å². The van der Waals surface area contributed by atoms with Crippen LogP contribution in [0.25, 0.3) is 10.8 Å². The first-order valence-corrected chi connectivity index (χ1v) is 10.7. The molecular formula is C16H17F3O3S2. The van der Waals surface area contributed by atoms with E-state index in [1.807, 2.05) is 24.3 Å². The first-order valence-electron chi connectivity index (χ1n) is 7.50. The molecule has 132 valence electrons. The van der Waals surface area contributed by atoms with Crippen LogP contribution in [0.15, 0.2) is 42.5 Å². The van der Waals surface area contributed by atoms with E-state index >= 15 is 0 Å². The fraction of sp³-hybridized carbons (Fsp3) is 0.375. The largest absolute Gasteiger partial charge is 0.523 e. The maximum absolute atomic E-state index is 12.7. The summed E-state index contributed by atoms with van der Waals surface area (Å²) in [7, 11) is -6.57. The third-order valence-electron chi connectivity index (χ3n) is 4.03. The first-order chi connectivity index (χ1) is 11.3. The first kappa shape index (κ1) is 17.6. The molecule has 0 spiro atoms. The van der Waals surface area contributed by atoms with E-state index in [0.717, 1.165) is 35.1 Å². The van der Waals surface area contributed by atoms with Crippen LogP contribution in [0.3, 0.4) is 0 Å². The molecule has 0 bridgehead atoms. The van der Waals surface area contributed by atoms with Gasteiger partial charge in [-0.2, -0.15) is 21.6 Å². The van der Waals surface area contributed by atoms with E-state index in [1.165, 1.54) is 0 Å². The normalized spacial score (nSPS) is 18.9. The van der Waals surface area contributed by atoms with Crippen LogP contribution < -0.4 is 0 Å². The van der Waals surface area contributed by atoms with Crippen molar-refractivity contribution in [2.45, 2.75) is 23.8 Å². The minimum absolute atomic E-state index is 0.495. The molecule has 0 aliphatic carbocycles. The predicted molar refractivity (Wildman–Crippen MR) is 90.7 cm³/mol. The van der Waals surface area contributed by atoms with Crippen molar-refractivity contribution in [2.24, 2.45) is 0 Å². The average Bonchev–Trinajstić information content (AvgIpc) is 3.05. The smallest absolute Gasteiger partial charge is 0.246 e. The average molecular weight is 378 g/mol. The zero-order chi connectivity index (χ0) is 17.4. The number of thiol groups is 1. The second-order valence-corrected chi connectivity index (χ2v) is 9.80. The highest BCUT2D eigenvalue weighted by Gasteiger charge is 2.49. The minimum Gasteiger partial charge on any atom is -0.246 e. The highest BCUT2D eigenvalue weighted by Crippen LogP contribution is 2.50. The van der Waals surface area contributed by atoms with Crippen molar-refractivity contribution in [2.75, 3.05) is 11.5 Å². The molecule has 1 unspecified atom stereocenters. The molecule has 24 heavy (non-hydrogen) atoms. The van der Waals surface area contributed by atoms with Crippen molar-refractivity contribution < 1.29 is 25.8 Å². The van der Waals surface area contributed by atoms with E-state index < -0.39 is 32.0 Å². The maximum Gasteiger partial charge on any atom is 0.523 e. The van der Waals surface area contributed by atoms with Crippen molar-refractivity contribution in [3.05, 3.63) is 48.0 Å². The van der Waals surface area contributed by atoms with Gasteiger partial charge < -0.3 is 0 Å². The number of hydrogen-bond acceptors (Lipinski definition) is 3. The highest BCUT2D eigenvalue weighted by atomic mass is 32.2. The third-order valence-corrected chi connectivity index (χ3v) is 8.04. The molecule has 0 saturated carbocycles. The molecule has 3 rings (SSSR count). The van der Waals surface area contributed by atoms with E-state index in [0.29, 0.717) is 5.56 Å². The van der Waals surface area contributed by atoms with Gasteiger partial charge in [-0.05, 0) is 46.7 Å². The SMILES string of the molecule is O=S(=O)(OC(c1ccc2ccccc2c1)[SH]1CCCC1)C(F)(F)F. The summed E-state index contributed by atoms with van der Waals surface area (Å²) in [5.74, 6) is 1.44. The summed E-state index contributed by atoms with van der Waals surface area (Å²) in [6.45, 7) is 0. The number of hydrogen-bond donors (Lipinski definition) is 1. The molecule has 0 amide bonds. The number of benzene rings is 2. The summed E-state index contributed by atoms with van der Waals surface area (Å²) in [6, 6.07) is 12.6. The van der Waals surface area contributed by atoms with E-state index in [-0.39, 0.29) is 0 Å². The third kappa shape index (κ3) is 3.55. The molecule has 1 fully saturated rings. The van der Waals surface area contributed by atoms with Gasteiger partial charge in [0, 0.05) is 0 Å². The number of halogens is 3. The van der Waals surface area contributed by atoms with Crippen molar-refractivity contribution in [3.8, 4) is 0 Å².